The van der Waals surface area contributed by atoms with Crippen molar-refractivity contribution in [3.8, 4) is 11.1 Å². The number of hydrogen-bond donors (Lipinski definition) is 2. The minimum Gasteiger partial charge on any atom is -0.388 e. The van der Waals surface area contributed by atoms with Gasteiger partial charge in [-0.25, -0.2) is 23.9 Å². The number of aliphatic hydroxyl groups is 1. The van der Waals surface area contributed by atoms with Gasteiger partial charge in [0.25, 0.3) is 0 Å². The molecule has 7 rings (SSSR count). The molecule has 3 N–H and O–H groups in total. The van der Waals surface area contributed by atoms with E-state index >= 15 is 0 Å². The molecule has 0 bridgehead atoms. The first-order chi connectivity index (χ1) is 20.4. The molecule has 0 amide bonds. The van der Waals surface area contributed by atoms with E-state index in [9.17, 15) is 9.50 Å². The minimum atomic E-state index is -0.843. The van der Waals surface area contributed by atoms with Crippen molar-refractivity contribution < 1.29 is 14.2 Å². The van der Waals surface area contributed by atoms with E-state index in [1.54, 1.807) is 41.7 Å². The number of hydrogen-bond acceptors (Lipinski definition) is 10. The summed E-state index contributed by atoms with van der Waals surface area (Å²) in [5.41, 5.74) is 10.1. The summed E-state index contributed by atoms with van der Waals surface area (Å²) in [5, 5.41) is 19.1. The van der Waals surface area contributed by atoms with Crippen LogP contribution in [-0.2, 0) is 10.3 Å². The van der Waals surface area contributed by atoms with Crippen LogP contribution in [0.25, 0.3) is 16.6 Å². The zero-order chi connectivity index (χ0) is 28.8. The van der Waals surface area contributed by atoms with Gasteiger partial charge in [-0.1, -0.05) is 12.1 Å². The van der Waals surface area contributed by atoms with Gasteiger partial charge in [-0.2, -0.15) is 10.2 Å². The maximum absolute atomic E-state index is 13.4. The Hall–Kier alpha value is -4.46. The van der Waals surface area contributed by atoms with Crippen LogP contribution in [0.3, 0.4) is 0 Å². The summed E-state index contributed by atoms with van der Waals surface area (Å²) in [6.07, 6.45) is 10.2. The summed E-state index contributed by atoms with van der Waals surface area (Å²) in [6.45, 7) is 5.55. The van der Waals surface area contributed by atoms with Crippen molar-refractivity contribution in [1.29, 1.82) is 0 Å². The predicted molar refractivity (Wildman–Crippen MR) is 154 cm³/mol. The van der Waals surface area contributed by atoms with Crippen LogP contribution >= 0.6 is 0 Å². The normalized spacial score (nSPS) is 20.8. The molecule has 4 aromatic heterocycles. The number of anilines is 2. The van der Waals surface area contributed by atoms with Gasteiger partial charge in [0.2, 0.25) is 5.95 Å². The number of nitrogens with two attached hydrogens (primary N) is 1. The van der Waals surface area contributed by atoms with Gasteiger partial charge in [0.05, 0.1) is 24.9 Å². The molecule has 13 heteroatoms. The molecule has 6 heterocycles. The van der Waals surface area contributed by atoms with Gasteiger partial charge in [-0.3, -0.25) is 4.68 Å². The first-order valence-corrected chi connectivity index (χ1v) is 13.9. The largest absolute Gasteiger partial charge is 0.388 e. The number of piperazine rings is 1. The fourth-order valence-corrected chi connectivity index (χ4v) is 5.60. The van der Waals surface area contributed by atoms with Gasteiger partial charge < -0.3 is 25.4 Å². The van der Waals surface area contributed by atoms with Crippen LogP contribution in [0, 0.1) is 5.82 Å². The first kappa shape index (κ1) is 26.4. The molecule has 5 aromatic rings. The van der Waals surface area contributed by atoms with E-state index in [0.717, 1.165) is 59.8 Å². The minimum absolute atomic E-state index is 0.183. The van der Waals surface area contributed by atoms with Crippen molar-refractivity contribution in [2.45, 2.75) is 24.6 Å². The van der Waals surface area contributed by atoms with Crippen molar-refractivity contribution in [3.05, 3.63) is 84.6 Å². The number of rotatable bonds is 6. The van der Waals surface area contributed by atoms with E-state index in [2.05, 4.69) is 41.0 Å². The Morgan fingerprint density at radius 1 is 0.905 bits per heavy atom. The van der Waals surface area contributed by atoms with Crippen LogP contribution in [0.15, 0.2) is 67.6 Å². The Balaban J connectivity index is 1.05. The maximum atomic E-state index is 13.4. The van der Waals surface area contributed by atoms with E-state index in [1.807, 2.05) is 23.8 Å². The number of nitrogens with zero attached hydrogens (tertiary/aromatic N) is 9. The first-order valence-electron chi connectivity index (χ1n) is 13.9. The average molecular weight is 571 g/mol. The highest BCUT2D eigenvalue weighted by molar-refractivity contribution is 5.77. The molecule has 0 saturated carbocycles. The fourth-order valence-electron chi connectivity index (χ4n) is 5.60. The number of fused-ring (bicyclic) bond motifs is 1. The third-order valence-corrected chi connectivity index (χ3v) is 8.23. The molecule has 12 nitrogen and oxygen atoms in total. The fraction of sp³-hybridized carbons (Fsp3) is 0.345. The Bertz CT molecular complexity index is 1690. The van der Waals surface area contributed by atoms with Gasteiger partial charge in [0, 0.05) is 67.7 Å². The third-order valence-electron chi connectivity index (χ3n) is 8.23. The van der Waals surface area contributed by atoms with E-state index in [1.165, 1.54) is 12.1 Å². The standard InChI is InChI=1S/C29H31FN10O2/c1-29(31,21-2-4-23(30)5-3-21)22-12-32-28(33-13-22)38-8-6-37(7-9-38)27-24-10-19(14-39(24)36-18-34-27)20-11-35-40(15-20)25-16-42-17-26(25)41/h2-5,10-15,18,25-26,41H,6-9,16-17,31H2,1H3/t25-,26+,29-/m0/s1. The summed E-state index contributed by atoms with van der Waals surface area (Å²) in [6, 6.07) is 8.06. The number of benzene rings is 1. The molecule has 2 aliphatic rings. The summed E-state index contributed by atoms with van der Waals surface area (Å²) in [5.74, 6) is 1.20. The lowest BCUT2D eigenvalue weighted by atomic mass is 9.87. The highest BCUT2D eigenvalue weighted by Gasteiger charge is 2.29. The maximum Gasteiger partial charge on any atom is 0.225 e. The second kappa shape index (κ2) is 10.4. The van der Waals surface area contributed by atoms with Crippen LogP contribution in [-0.4, -0.2) is 84.9 Å². The zero-order valence-corrected chi connectivity index (χ0v) is 23.1. The molecule has 42 heavy (non-hydrogen) atoms. The molecule has 0 aliphatic carbocycles. The second-order valence-electron chi connectivity index (χ2n) is 11.0. The lowest BCUT2D eigenvalue weighted by molar-refractivity contribution is 0.118. The second-order valence-corrected chi connectivity index (χ2v) is 11.0. The molecule has 0 unspecified atom stereocenters. The van der Waals surface area contributed by atoms with Crippen molar-refractivity contribution in [2.75, 3.05) is 49.2 Å². The molecule has 3 atom stereocenters. The molecular formula is C29H31FN10O2. The molecule has 2 aliphatic heterocycles. The highest BCUT2D eigenvalue weighted by Crippen LogP contribution is 2.30. The van der Waals surface area contributed by atoms with Crippen LogP contribution in [0.4, 0.5) is 16.2 Å². The van der Waals surface area contributed by atoms with Crippen LogP contribution in [0.2, 0.25) is 0 Å². The van der Waals surface area contributed by atoms with Crippen molar-refractivity contribution >= 4 is 17.3 Å². The number of ether oxygens (including phenoxy) is 1. The molecule has 2 saturated heterocycles. The van der Waals surface area contributed by atoms with Gasteiger partial charge in [-0.15, -0.1) is 0 Å². The number of halogens is 1. The average Bonchev–Trinajstić information content (AvgIpc) is 3.77. The topological polar surface area (TPSA) is 136 Å². The lowest BCUT2D eigenvalue weighted by Gasteiger charge is -2.35. The highest BCUT2D eigenvalue weighted by atomic mass is 19.1. The number of aromatic nitrogens is 7. The molecular weight excluding hydrogens is 539 g/mol. The molecule has 1 aromatic carbocycles. The van der Waals surface area contributed by atoms with E-state index in [4.69, 9.17) is 10.5 Å². The van der Waals surface area contributed by atoms with Crippen molar-refractivity contribution in [3.63, 3.8) is 0 Å². The van der Waals surface area contributed by atoms with Crippen LogP contribution in [0.1, 0.15) is 24.1 Å². The summed E-state index contributed by atoms with van der Waals surface area (Å²) in [7, 11) is 0. The summed E-state index contributed by atoms with van der Waals surface area (Å²) >= 11 is 0. The SMILES string of the molecule is C[C@](N)(c1ccc(F)cc1)c1cnc(N2CCN(c3ncnn4cc(-c5cnn([C@H]6COC[C@H]6O)c5)cc34)CC2)nc1. The smallest absolute Gasteiger partial charge is 0.225 e. The van der Waals surface area contributed by atoms with Gasteiger partial charge in [0.15, 0.2) is 5.82 Å². The Labute approximate surface area is 241 Å². The number of aliphatic hydroxyl groups excluding tert-OH is 1. The van der Waals surface area contributed by atoms with Crippen molar-refractivity contribution in [1.82, 2.24) is 34.3 Å². The predicted octanol–water partition coefficient (Wildman–Crippen LogP) is 2.00. The van der Waals surface area contributed by atoms with Gasteiger partial charge in [0.1, 0.15) is 29.8 Å². The van der Waals surface area contributed by atoms with E-state index < -0.39 is 11.6 Å². The van der Waals surface area contributed by atoms with Crippen molar-refractivity contribution in [2.24, 2.45) is 5.73 Å². The molecule has 216 valence electrons. The summed E-state index contributed by atoms with van der Waals surface area (Å²) < 4.78 is 22.4. The van der Waals surface area contributed by atoms with E-state index in [0.29, 0.717) is 19.2 Å². The Morgan fingerprint density at radius 3 is 2.36 bits per heavy atom. The van der Waals surface area contributed by atoms with Crippen LogP contribution < -0.4 is 15.5 Å². The Morgan fingerprint density at radius 2 is 1.64 bits per heavy atom. The zero-order valence-electron chi connectivity index (χ0n) is 23.1. The third kappa shape index (κ3) is 4.74. The monoisotopic (exact) mass is 570 g/mol. The van der Waals surface area contributed by atoms with Crippen LogP contribution in [0.5, 0.6) is 0 Å². The molecule has 0 spiro atoms. The Kier molecular flexibility index (Phi) is 6.56. The van der Waals surface area contributed by atoms with Gasteiger partial charge in [-0.05, 0) is 30.7 Å². The molecule has 0 radical (unpaired) electrons. The quantitative estimate of drug-likeness (QED) is 0.312. The van der Waals surface area contributed by atoms with Gasteiger partial charge >= 0.3 is 0 Å². The molecule has 2 fully saturated rings. The lowest BCUT2D eigenvalue weighted by Crippen LogP contribution is -2.47. The summed E-state index contributed by atoms with van der Waals surface area (Å²) in [4.78, 5) is 18.2. The van der Waals surface area contributed by atoms with E-state index in [-0.39, 0.29) is 11.9 Å².